The number of H-pyrrole nitrogens is 1. The van der Waals surface area contributed by atoms with E-state index in [0.29, 0.717) is 24.0 Å². The fourth-order valence-corrected chi connectivity index (χ4v) is 3.11. The summed E-state index contributed by atoms with van der Waals surface area (Å²) in [4.78, 5) is 3.38. The largest absolute Gasteiger partial charge is 0.363 e. The second kappa shape index (κ2) is 5.42. The Morgan fingerprint density at radius 1 is 1.50 bits per heavy atom. The molecular formula is C12H21N3O2S. The molecule has 1 aliphatic carbocycles. The molecule has 0 spiro atoms. The van der Waals surface area contributed by atoms with Gasteiger partial charge in [-0.25, -0.2) is 12.7 Å². The lowest BCUT2D eigenvalue weighted by Gasteiger charge is -2.14. The Balaban J connectivity index is 2.03. The molecule has 0 unspecified atom stereocenters. The van der Waals surface area contributed by atoms with Crippen molar-refractivity contribution in [2.45, 2.75) is 43.7 Å². The van der Waals surface area contributed by atoms with Gasteiger partial charge in [0.25, 0.3) is 0 Å². The average Bonchev–Trinajstić information content (AvgIpc) is 3.03. The Labute approximate surface area is 109 Å². The van der Waals surface area contributed by atoms with E-state index in [0.717, 1.165) is 12.1 Å². The summed E-state index contributed by atoms with van der Waals surface area (Å²) in [5.74, 6) is 0. The highest BCUT2D eigenvalue weighted by molar-refractivity contribution is 7.89. The van der Waals surface area contributed by atoms with E-state index >= 15 is 0 Å². The molecule has 0 atom stereocenters. The van der Waals surface area contributed by atoms with Crippen molar-refractivity contribution >= 4 is 10.0 Å². The minimum atomic E-state index is -3.33. The van der Waals surface area contributed by atoms with Crippen molar-refractivity contribution < 1.29 is 8.42 Å². The van der Waals surface area contributed by atoms with Crippen molar-refractivity contribution in [2.24, 2.45) is 0 Å². The number of rotatable bonds is 7. The summed E-state index contributed by atoms with van der Waals surface area (Å²) in [6.45, 7) is 3.22. The minimum Gasteiger partial charge on any atom is -0.363 e. The zero-order valence-corrected chi connectivity index (χ0v) is 11.8. The minimum absolute atomic E-state index is 0.353. The Morgan fingerprint density at radius 3 is 2.83 bits per heavy atom. The van der Waals surface area contributed by atoms with Gasteiger partial charge in [0.05, 0.1) is 4.90 Å². The summed E-state index contributed by atoms with van der Waals surface area (Å²) in [6.07, 6.45) is 4.85. The number of hydrogen-bond donors (Lipinski definition) is 2. The van der Waals surface area contributed by atoms with E-state index in [9.17, 15) is 8.42 Å². The van der Waals surface area contributed by atoms with Crippen molar-refractivity contribution in [3.63, 3.8) is 0 Å². The molecular weight excluding hydrogens is 250 g/mol. The second-order valence-electron chi connectivity index (χ2n) is 4.84. The molecule has 0 radical (unpaired) electrons. The van der Waals surface area contributed by atoms with Crippen molar-refractivity contribution in [1.29, 1.82) is 0 Å². The van der Waals surface area contributed by atoms with Crippen LogP contribution in [0, 0.1) is 0 Å². The van der Waals surface area contributed by atoms with Gasteiger partial charge in [0.2, 0.25) is 10.0 Å². The number of nitrogens with zero attached hydrogens (tertiary/aromatic N) is 1. The number of sulfonamides is 1. The monoisotopic (exact) mass is 271 g/mol. The molecule has 2 N–H and O–H groups in total. The average molecular weight is 271 g/mol. The Kier molecular flexibility index (Phi) is 4.09. The van der Waals surface area contributed by atoms with Crippen LogP contribution < -0.4 is 5.32 Å². The van der Waals surface area contributed by atoms with E-state index < -0.39 is 10.0 Å². The summed E-state index contributed by atoms with van der Waals surface area (Å²) in [6, 6.07) is 2.34. The molecule has 0 aromatic carbocycles. The van der Waals surface area contributed by atoms with Crippen LogP contribution in [-0.2, 0) is 16.6 Å². The molecule has 18 heavy (non-hydrogen) atoms. The van der Waals surface area contributed by atoms with Crippen LogP contribution in [0.2, 0.25) is 0 Å². The van der Waals surface area contributed by atoms with Gasteiger partial charge in [-0.05, 0) is 25.3 Å². The maximum atomic E-state index is 12.2. The van der Waals surface area contributed by atoms with Crippen LogP contribution in [-0.4, -0.2) is 37.3 Å². The van der Waals surface area contributed by atoms with Crippen LogP contribution >= 0.6 is 0 Å². The van der Waals surface area contributed by atoms with E-state index in [1.807, 2.05) is 6.92 Å². The zero-order valence-electron chi connectivity index (χ0n) is 10.9. The predicted molar refractivity (Wildman–Crippen MR) is 70.8 cm³/mol. The Hall–Kier alpha value is -0.850. The van der Waals surface area contributed by atoms with Crippen LogP contribution in [0.1, 0.15) is 31.9 Å². The Bertz CT molecular complexity index is 491. The first kappa shape index (κ1) is 13.6. The third-order valence-electron chi connectivity index (χ3n) is 3.12. The van der Waals surface area contributed by atoms with E-state index in [1.165, 1.54) is 17.1 Å². The van der Waals surface area contributed by atoms with E-state index in [1.54, 1.807) is 19.3 Å². The first-order valence-electron chi connectivity index (χ1n) is 6.41. The molecule has 1 saturated carbocycles. The van der Waals surface area contributed by atoms with Crippen LogP contribution in [0.15, 0.2) is 17.2 Å². The molecule has 0 bridgehead atoms. The smallest absolute Gasteiger partial charge is 0.244 e. The predicted octanol–water partition coefficient (Wildman–Crippen LogP) is 1.30. The molecule has 6 heteroatoms. The summed E-state index contributed by atoms with van der Waals surface area (Å²) >= 11 is 0. The lowest BCUT2D eigenvalue weighted by atomic mass is 10.4. The maximum Gasteiger partial charge on any atom is 0.244 e. The highest BCUT2D eigenvalue weighted by Gasteiger charge is 2.23. The van der Waals surface area contributed by atoms with Crippen LogP contribution in [0.5, 0.6) is 0 Å². The molecule has 0 saturated heterocycles. The molecule has 1 aliphatic rings. The summed E-state index contributed by atoms with van der Waals surface area (Å²) in [5, 5.41) is 3.35. The third-order valence-corrected chi connectivity index (χ3v) is 4.96. The van der Waals surface area contributed by atoms with Gasteiger partial charge in [-0.15, -0.1) is 0 Å². The van der Waals surface area contributed by atoms with E-state index in [-0.39, 0.29) is 0 Å². The van der Waals surface area contributed by atoms with Crippen molar-refractivity contribution in [3.8, 4) is 0 Å². The molecule has 102 valence electrons. The molecule has 1 aromatic heterocycles. The van der Waals surface area contributed by atoms with Gasteiger partial charge in [0, 0.05) is 38.1 Å². The van der Waals surface area contributed by atoms with Crippen LogP contribution in [0.3, 0.4) is 0 Å². The quantitative estimate of drug-likeness (QED) is 0.785. The third kappa shape index (κ3) is 3.13. The van der Waals surface area contributed by atoms with Gasteiger partial charge in [0.15, 0.2) is 0 Å². The Morgan fingerprint density at radius 2 is 2.22 bits per heavy atom. The lowest BCUT2D eigenvalue weighted by Crippen LogP contribution is -2.27. The molecule has 0 amide bonds. The first-order chi connectivity index (χ1) is 8.54. The lowest BCUT2D eigenvalue weighted by molar-refractivity contribution is 0.468. The molecule has 1 fully saturated rings. The summed E-state index contributed by atoms with van der Waals surface area (Å²) in [7, 11) is -1.71. The molecule has 5 nitrogen and oxygen atoms in total. The SMILES string of the molecule is CCCN(C)S(=O)(=O)c1c[nH]c(CNC2CC2)c1. The van der Waals surface area contributed by atoms with Gasteiger partial charge < -0.3 is 10.3 Å². The molecule has 0 aliphatic heterocycles. The molecule has 2 rings (SSSR count). The van der Waals surface area contributed by atoms with Gasteiger partial charge in [-0.3, -0.25) is 0 Å². The highest BCUT2D eigenvalue weighted by Crippen LogP contribution is 2.20. The number of aromatic amines is 1. The van der Waals surface area contributed by atoms with Crippen LogP contribution in [0.4, 0.5) is 0 Å². The van der Waals surface area contributed by atoms with Crippen LogP contribution in [0.25, 0.3) is 0 Å². The number of hydrogen-bond acceptors (Lipinski definition) is 3. The normalized spacial score (nSPS) is 16.4. The van der Waals surface area contributed by atoms with E-state index in [4.69, 9.17) is 0 Å². The topological polar surface area (TPSA) is 65.2 Å². The van der Waals surface area contributed by atoms with E-state index in [2.05, 4.69) is 10.3 Å². The number of nitrogens with one attached hydrogen (secondary N) is 2. The zero-order chi connectivity index (χ0) is 13.2. The van der Waals surface area contributed by atoms with Crippen molar-refractivity contribution in [1.82, 2.24) is 14.6 Å². The van der Waals surface area contributed by atoms with Gasteiger partial charge >= 0.3 is 0 Å². The highest BCUT2D eigenvalue weighted by atomic mass is 32.2. The summed E-state index contributed by atoms with van der Waals surface area (Å²) < 4.78 is 25.7. The standard InChI is InChI=1S/C12H21N3O2S/c1-3-6-15(2)18(16,17)12-7-11(14-9-12)8-13-10-4-5-10/h7,9-10,13-14H,3-6,8H2,1-2H3. The van der Waals surface area contributed by atoms with Crippen molar-refractivity contribution in [3.05, 3.63) is 18.0 Å². The fourth-order valence-electron chi connectivity index (χ4n) is 1.83. The first-order valence-corrected chi connectivity index (χ1v) is 7.85. The maximum absolute atomic E-state index is 12.2. The summed E-state index contributed by atoms with van der Waals surface area (Å²) in [5.41, 5.74) is 0.922. The fraction of sp³-hybridized carbons (Fsp3) is 0.667. The van der Waals surface area contributed by atoms with Gasteiger partial charge in [-0.1, -0.05) is 6.92 Å². The second-order valence-corrected chi connectivity index (χ2v) is 6.89. The van der Waals surface area contributed by atoms with Crippen molar-refractivity contribution in [2.75, 3.05) is 13.6 Å². The molecule has 1 heterocycles. The van der Waals surface area contributed by atoms with Gasteiger partial charge in [-0.2, -0.15) is 0 Å². The van der Waals surface area contributed by atoms with Gasteiger partial charge in [0.1, 0.15) is 0 Å². The molecule has 1 aromatic rings. The number of aromatic nitrogens is 1.